The summed E-state index contributed by atoms with van der Waals surface area (Å²) in [5.74, 6) is -0.490. The highest BCUT2D eigenvalue weighted by Crippen LogP contribution is 2.37. The summed E-state index contributed by atoms with van der Waals surface area (Å²) in [5, 5.41) is 0.903. The zero-order chi connectivity index (χ0) is 22.2. The van der Waals surface area contributed by atoms with E-state index in [0.29, 0.717) is 16.9 Å². The predicted molar refractivity (Wildman–Crippen MR) is 114 cm³/mol. The Hall–Kier alpha value is -2.84. The molecule has 0 amide bonds. The van der Waals surface area contributed by atoms with Gasteiger partial charge < -0.3 is 18.5 Å². The van der Waals surface area contributed by atoms with E-state index in [2.05, 4.69) is 4.94 Å². The van der Waals surface area contributed by atoms with Gasteiger partial charge in [0.25, 0.3) is 0 Å². The van der Waals surface area contributed by atoms with Crippen molar-refractivity contribution < 1.29 is 32.7 Å². The van der Waals surface area contributed by atoms with Gasteiger partial charge in [-0.15, -0.1) is 0 Å². The second kappa shape index (κ2) is 8.02. The summed E-state index contributed by atoms with van der Waals surface area (Å²) < 4.78 is 36.2. The Labute approximate surface area is 180 Å². The summed E-state index contributed by atoms with van der Waals surface area (Å²) in [6.45, 7) is 8.23. The van der Waals surface area contributed by atoms with Gasteiger partial charge >= 0.3 is 13.1 Å². The van der Waals surface area contributed by atoms with Gasteiger partial charge in [-0.3, -0.25) is 4.94 Å². The third kappa shape index (κ3) is 4.18. The molecule has 1 aliphatic heterocycles. The molecule has 8 heteroatoms. The molecule has 0 saturated carbocycles. The Morgan fingerprint density at radius 2 is 1.77 bits per heavy atom. The first-order chi connectivity index (χ1) is 14.7. The van der Waals surface area contributed by atoms with Gasteiger partial charge in [0.15, 0.2) is 0 Å². The molecule has 162 valence electrons. The number of para-hydroxylation sites is 1. The highest BCUT2D eigenvalue weighted by molar-refractivity contribution is 6.64. The highest BCUT2D eigenvalue weighted by Gasteiger charge is 2.52. The van der Waals surface area contributed by atoms with Crippen LogP contribution in [0.3, 0.4) is 0 Å². The van der Waals surface area contributed by atoms with E-state index in [9.17, 15) is 9.32 Å². The lowest BCUT2D eigenvalue weighted by molar-refractivity contribution is -0.182. The van der Waals surface area contributed by atoms with Crippen LogP contribution in [0.15, 0.2) is 53.1 Å². The van der Waals surface area contributed by atoms with Crippen molar-refractivity contribution in [2.24, 2.45) is 0 Å². The Morgan fingerprint density at radius 3 is 2.48 bits per heavy atom. The van der Waals surface area contributed by atoms with Crippen LogP contribution in [0.2, 0.25) is 0 Å². The van der Waals surface area contributed by atoms with Gasteiger partial charge in [0.2, 0.25) is 0 Å². The SMILES string of the molecule is CC1(C)OB(c2cc(COc3ccccc3CC(=O)OF)cc3ccoc23)OC1(C)C. The summed E-state index contributed by atoms with van der Waals surface area (Å²) in [4.78, 5) is 14.6. The smallest absolute Gasteiger partial charge is 0.489 e. The fourth-order valence-electron chi connectivity index (χ4n) is 3.54. The third-order valence-electron chi connectivity index (χ3n) is 5.93. The largest absolute Gasteiger partial charge is 0.498 e. The van der Waals surface area contributed by atoms with Gasteiger partial charge in [0.1, 0.15) is 17.9 Å². The van der Waals surface area contributed by atoms with Crippen molar-refractivity contribution >= 4 is 29.5 Å². The van der Waals surface area contributed by atoms with Crippen molar-refractivity contribution in [3.63, 3.8) is 0 Å². The van der Waals surface area contributed by atoms with Crippen molar-refractivity contribution in [3.05, 3.63) is 59.9 Å². The van der Waals surface area contributed by atoms with E-state index in [1.54, 1.807) is 30.5 Å². The molecule has 0 aliphatic carbocycles. The summed E-state index contributed by atoms with van der Waals surface area (Å²) in [6, 6.07) is 12.7. The van der Waals surface area contributed by atoms with Gasteiger partial charge in [0, 0.05) is 20.9 Å². The molecule has 2 aromatic carbocycles. The van der Waals surface area contributed by atoms with Crippen LogP contribution in [0.5, 0.6) is 5.75 Å². The van der Waals surface area contributed by atoms with Crippen molar-refractivity contribution in [3.8, 4) is 5.75 Å². The maximum Gasteiger partial charge on any atom is 0.498 e. The standard InChI is InChI=1S/C23H24BFO6/c1-22(2)23(3,4)31-24(30-22)18-12-15(11-17-9-10-27-21(17)18)14-28-19-8-6-5-7-16(19)13-20(26)29-25/h5-12H,13-14H2,1-4H3. The Bertz CT molecular complexity index is 1090. The maximum atomic E-state index is 12.2. The number of ether oxygens (including phenoxy) is 1. The van der Waals surface area contributed by atoms with Gasteiger partial charge in [-0.25, -0.2) is 4.79 Å². The number of hydrogen-bond acceptors (Lipinski definition) is 6. The summed E-state index contributed by atoms with van der Waals surface area (Å²) in [5.41, 5.74) is 1.95. The molecule has 0 atom stereocenters. The lowest BCUT2D eigenvalue weighted by Crippen LogP contribution is -2.41. The number of halogens is 1. The lowest BCUT2D eigenvalue weighted by atomic mass is 9.77. The molecular weight excluding hydrogens is 402 g/mol. The van der Waals surface area contributed by atoms with Crippen molar-refractivity contribution in [2.45, 2.75) is 51.9 Å². The van der Waals surface area contributed by atoms with Gasteiger partial charge in [-0.05, 0) is 51.5 Å². The van der Waals surface area contributed by atoms with Crippen molar-refractivity contribution in [1.82, 2.24) is 0 Å². The van der Waals surface area contributed by atoms with Crippen LogP contribution < -0.4 is 10.2 Å². The first-order valence-corrected chi connectivity index (χ1v) is 10.1. The first-order valence-electron chi connectivity index (χ1n) is 10.1. The monoisotopic (exact) mass is 426 g/mol. The van der Waals surface area contributed by atoms with Crippen LogP contribution in [-0.2, 0) is 32.1 Å². The number of carbonyl (C=O) groups excluding carboxylic acids is 1. The van der Waals surface area contributed by atoms with E-state index in [-0.39, 0.29) is 13.0 Å². The molecule has 0 spiro atoms. The highest BCUT2D eigenvalue weighted by atomic mass is 19.3. The quantitative estimate of drug-likeness (QED) is 0.549. The van der Waals surface area contributed by atoms with E-state index in [0.717, 1.165) is 16.4 Å². The summed E-state index contributed by atoms with van der Waals surface area (Å²) in [7, 11) is -0.579. The second-order valence-corrected chi connectivity index (χ2v) is 8.63. The molecule has 1 saturated heterocycles. The average Bonchev–Trinajstić information content (AvgIpc) is 3.27. The molecule has 1 fully saturated rings. The molecule has 0 N–H and O–H groups in total. The van der Waals surface area contributed by atoms with E-state index in [1.165, 1.54) is 0 Å². The van der Waals surface area contributed by atoms with E-state index >= 15 is 0 Å². The molecule has 1 aromatic heterocycles. The third-order valence-corrected chi connectivity index (χ3v) is 5.93. The van der Waals surface area contributed by atoms with Gasteiger partial charge in [-0.1, -0.05) is 24.3 Å². The van der Waals surface area contributed by atoms with Gasteiger partial charge in [-0.2, -0.15) is 0 Å². The minimum absolute atomic E-state index is 0.216. The van der Waals surface area contributed by atoms with Crippen molar-refractivity contribution in [2.75, 3.05) is 0 Å². The van der Waals surface area contributed by atoms with Crippen LogP contribution in [0.25, 0.3) is 11.0 Å². The van der Waals surface area contributed by atoms with E-state index in [4.69, 9.17) is 18.5 Å². The van der Waals surface area contributed by atoms with Crippen LogP contribution in [0, 0.1) is 0 Å². The molecule has 31 heavy (non-hydrogen) atoms. The van der Waals surface area contributed by atoms with E-state index in [1.807, 2.05) is 45.9 Å². The number of rotatable bonds is 6. The van der Waals surface area contributed by atoms with Crippen molar-refractivity contribution in [1.29, 1.82) is 0 Å². The van der Waals surface area contributed by atoms with E-state index < -0.39 is 24.3 Å². The molecule has 4 rings (SSSR count). The number of carbonyl (C=O) groups is 1. The molecule has 2 heterocycles. The molecule has 0 unspecified atom stereocenters. The predicted octanol–water partition coefficient (Wildman–Crippen LogP) is 4.28. The van der Waals surface area contributed by atoms with Crippen LogP contribution in [0.1, 0.15) is 38.8 Å². The minimum atomic E-state index is -0.973. The first kappa shape index (κ1) is 21.4. The van der Waals surface area contributed by atoms with Crippen LogP contribution in [-0.4, -0.2) is 24.3 Å². The lowest BCUT2D eigenvalue weighted by Gasteiger charge is -2.32. The molecule has 3 aromatic rings. The number of fused-ring (bicyclic) bond motifs is 1. The van der Waals surface area contributed by atoms with Crippen LogP contribution in [0.4, 0.5) is 4.53 Å². The average molecular weight is 426 g/mol. The molecule has 6 nitrogen and oxygen atoms in total. The number of benzene rings is 2. The fourth-order valence-corrected chi connectivity index (χ4v) is 3.54. The molecular formula is C23H24BFO6. The zero-order valence-electron chi connectivity index (χ0n) is 17.9. The number of furan rings is 1. The zero-order valence-corrected chi connectivity index (χ0v) is 17.9. The molecule has 0 bridgehead atoms. The normalized spacial score (nSPS) is 17.1. The minimum Gasteiger partial charge on any atom is -0.489 e. The Balaban J connectivity index is 1.60. The molecule has 0 radical (unpaired) electrons. The molecule has 1 aliphatic rings. The summed E-state index contributed by atoms with van der Waals surface area (Å²) >= 11 is 0. The Morgan fingerprint density at radius 1 is 1.06 bits per heavy atom. The fraction of sp³-hybridized carbons (Fsp3) is 0.348. The topological polar surface area (TPSA) is 67.1 Å². The summed E-state index contributed by atoms with van der Waals surface area (Å²) in [6.07, 6.45) is 1.41. The second-order valence-electron chi connectivity index (χ2n) is 8.63. The Kier molecular flexibility index (Phi) is 5.53. The van der Waals surface area contributed by atoms with Crippen LogP contribution >= 0.6 is 0 Å². The number of hydrogen-bond donors (Lipinski definition) is 0. The van der Waals surface area contributed by atoms with Gasteiger partial charge in [0.05, 0.1) is 23.9 Å². The maximum absolute atomic E-state index is 12.2.